The maximum atomic E-state index is 12.9. The Bertz CT molecular complexity index is 1410. The average molecular weight is 682 g/mol. The summed E-state index contributed by atoms with van der Waals surface area (Å²) in [6, 6.07) is 13.3. The van der Waals surface area contributed by atoms with E-state index in [1.165, 1.54) is 0 Å². The van der Waals surface area contributed by atoms with Gasteiger partial charge in [-0.3, -0.25) is 4.79 Å². The molecule has 1 heterocycles. The summed E-state index contributed by atoms with van der Waals surface area (Å²) in [5, 5.41) is 20.5. The zero-order valence-corrected chi connectivity index (χ0v) is 25.0. The van der Waals surface area contributed by atoms with E-state index in [1.54, 1.807) is 24.3 Å². The second-order valence-electron chi connectivity index (χ2n) is 9.84. The maximum Gasteiger partial charge on any atom is 0.422 e. The van der Waals surface area contributed by atoms with Gasteiger partial charge in [-0.15, -0.1) is 0 Å². The zero-order valence-electron chi connectivity index (χ0n) is 23.4. The van der Waals surface area contributed by atoms with Gasteiger partial charge < -0.3 is 35.8 Å². The highest BCUT2D eigenvalue weighted by molar-refractivity contribution is 9.09. The van der Waals surface area contributed by atoms with Crippen molar-refractivity contribution in [2.45, 2.75) is 37.4 Å². The van der Waals surface area contributed by atoms with Crippen molar-refractivity contribution in [3.63, 3.8) is 0 Å². The SMILES string of the molecule is O=C(O)NCCCNC(=O)c1ccc(Nc2nc(NC3(c4ccc(OCCCBr)cc4)CC3)nc(OCC(F)(F)F)n2)cc1. The van der Waals surface area contributed by atoms with Crippen molar-refractivity contribution in [3.05, 3.63) is 59.7 Å². The molecule has 44 heavy (non-hydrogen) atoms. The van der Waals surface area contributed by atoms with Crippen molar-refractivity contribution in [1.29, 1.82) is 0 Å². The minimum absolute atomic E-state index is 0.0307. The van der Waals surface area contributed by atoms with Crippen molar-refractivity contribution in [2.75, 3.05) is 42.3 Å². The topological polar surface area (TPSA) is 160 Å². The van der Waals surface area contributed by atoms with Gasteiger partial charge in [0, 0.05) is 29.7 Å². The Hall–Kier alpha value is -4.34. The molecular weight excluding hydrogens is 651 g/mol. The number of benzene rings is 2. The highest BCUT2D eigenvalue weighted by Gasteiger charge is 2.45. The minimum Gasteiger partial charge on any atom is -0.494 e. The maximum absolute atomic E-state index is 12.9. The lowest BCUT2D eigenvalue weighted by molar-refractivity contribution is -0.154. The van der Waals surface area contributed by atoms with Crippen molar-refractivity contribution in [3.8, 4) is 11.8 Å². The minimum atomic E-state index is -4.59. The van der Waals surface area contributed by atoms with Gasteiger partial charge in [-0.05, 0) is 67.6 Å². The Morgan fingerprint density at radius 1 is 0.909 bits per heavy atom. The van der Waals surface area contributed by atoms with Gasteiger partial charge in [-0.2, -0.15) is 28.1 Å². The first-order valence-electron chi connectivity index (χ1n) is 13.7. The number of nitrogens with one attached hydrogen (secondary N) is 4. The van der Waals surface area contributed by atoms with E-state index in [-0.39, 0.29) is 30.9 Å². The van der Waals surface area contributed by atoms with E-state index in [9.17, 15) is 22.8 Å². The summed E-state index contributed by atoms with van der Waals surface area (Å²) >= 11 is 3.37. The Kier molecular flexibility index (Phi) is 11.0. The van der Waals surface area contributed by atoms with Gasteiger partial charge >= 0.3 is 18.3 Å². The van der Waals surface area contributed by atoms with Crippen LogP contribution in [-0.2, 0) is 5.54 Å². The molecule has 1 saturated carbocycles. The van der Waals surface area contributed by atoms with Gasteiger partial charge in [0.1, 0.15) is 5.75 Å². The smallest absolute Gasteiger partial charge is 0.422 e. The molecule has 0 bridgehead atoms. The predicted molar refractivity (Wildman–Crippen MR) is 159 cm³/mol. The number of hydrogen-bond acceptors (Lipinski definition) is 9. The van der Waals surface area contributed by atoms with E-state index in [2.05, 4.69) is 52.1 Å². The lowest BCUT2D eigenvalue weighted by atomic mass is 10.1. The zero-order chi connectivity index (χ0) is 31.6. The Labute approximate surface area is 259 Å². The van der Waals surface area contributed by atoms with Crippen LogP contribution < -0.4 is 30.7 Å². The van der Waals surface area contributed by atoms with Gasteiger partial charge in [-0.25, -0.2) is 4.79 Å². The second kappa shape index (κ2) is 14.9. The summed E-state index contributed by atoms with van der Waals surface area (Å²) in [6.45, 7) is -0.513. The molecule has 236 valence electrons. The van der Waals surface area contributed by atoms with Crippen molar-refractivity contribution >= 4 is 45.5 Å². The summed E-state index contributed by atoms with van der Waals surface area (Å²) in [5.74, 6) is 0.350. The number of alkyl halides is 4. The number of rotatable bonds is 16. The number of amides is 2. The monoisotopic (exact) mass is 681 g/mol. The first-order chi connectivity index (χ1) is 21.0. The molecule has 0 spiro atoms. The molecule has 1 aliphatic rings. The van der Waals surface area contributed by atoms with Gasteiger partial charge in [0.15, 0.2) is 6.61 Å². The summed E-state index contributed by atoms with van der Waals surface area (Å²) in [6.07, 6.45) is -2.93. The number of hydrogen-bond donors (Lipinski definition) is 5. The van der Waals surface area contributed by atoms with Gasteiger partial charge in [0.05, 0.1) is 12.1 Å². The summed E-state index contributed by atoms with van der Waals surface area (Å²) in [7, 11) is 0. The van der Waals surface area contributed by atoms with E-state index in [0.29, 0.717) is 24.3 Å². The molecule has 5 N–H and O–H groups in total. The molecule has 16 heteroatoms. The Balaban J connectivity index is 1.44. The lowest BCUT2D eigenvalue weighted by Crippen LogP contribution is -2.29. The molecule has 1 aliphatic carbocycles. The molecule has 3 aromatic rings. The van der Waals surface area contributed by atoms with Crippen LogP contribution in [0.3, 0.4) is 0 Å². The third-order valence-corrected chi connectivity index (χ3v) is 6.91. The number of anilines is 3. The highest BCUT2D eigenvalue weighted by Crippen LogP contribution is 2.48. The van der Waals surface area contributed by atoms with E-state index in [1.807, 2.05) is 24.3 Å². The fourth-order valence-electron chi connectivity index (χ4n) is 4.04. The van der Waals surface area contributed by atoms with Crippen molar-refractivity contribution in [2.24, 2.45) is 0 Å². The van der Waals surface area contributed by atoms with E-state index in [0.717, 1.165) is 35.9 Å². The molecule has 0 saturated heterocycles. The van der Waals surface area contributed by atoms with Crippen molar-refractivity contribution in [1.82, 2.24) is 25.6 Å². The third kappa shape index (κ3) is 10.1. The molecule has 0 aliphatic heterocycles. The van der Waals surface area contributed by atoms with Crippen LogP contribution in [0.25, 0.3) is 0 Å². The molecule has 0 atom stereocenters. The molecular formula is C28H31BrF3N7O5. The van der Waals surface area contributed by atoms with Gasteiger partial charge in [-0.1, -0.05) is 28.1 Å². The molecule has 2 aromatic carbocycles. The fraction of sp³-hybridized carbons (Fsp3) is 0.393. The van der Waals surface area contributed by atoms with Crippen LogP contribution in [0.2, 0.25) is 0 Å². The van der Waals surface area contributed by atoms with Gasteiger partial charge in [0.25, 0.3) is 5.91 Å². The average Bonchev–Trinajstić information content (AvgIpc) is 3.76. The van der Waals surface area contributed by atoms with Crippen LogP contribution in [0.5, 0.6) is 11.8 Å². The highest BCUT2D eigenvalue weighted by atomic mass is 79.9. The summed E-state index contributed by atoms with van der Waals surface area (Å²) in [5.41, 5.74) is 1.25. The molecule has 1 fully saturated rings. The summed E-state index contributed by atoms with van der Waals surface area (Å²) < 4.78 is 49.2. The van der Waals surface area contributed by atoms with Crippen LogP contribution >= 0.6 is 15.9 Å². The first-order valence-corrected chi connectivity index (χ1v) is 14.8. The van der Waals surface area contributed by atoms with E-state index < -0.39 is 30.4 Å². The molecule has 4 rings (SSSR count). The molecule has 1 aromatic heterocycles. The number of aromatic nitrogens is 3. The van der Waals surface area contributed by atoms with E-state index in [4.69, 9.17) is 14.6 Å². The predicted octanol–water partition coefficient (Wildman–Crippen LogP) is 5.21. The Morgan fingerprint density at radius 3 is 2.23 bits per heavy atom. The second-order valence-corrected chi connectivity index (χ2v) is 10.6. The Morgan fingerprint density at radius 2 is 1.59 bits per heavy atom. The number of nitrogens with zero attached hydrogens (tertiary/aromatic N) is 3. The van der Waals surface area contributed by atoms with E-state index >= 15 is 0 Å². The third-order valence-electron chi connectivity index (χ3n) is 6.35. The quantitative estimate of drug-likeness (QED) is 0.100. The summed E-state index contributed by atoms with van der Waals surface area (Å²) in [4.78, 5) is 35.3. The van der Waals surface area contributed by atoms with Gasteiger partial charge in [0.2, 0.25) is 11.9 Å². The molecule has 12 nitrogen and oxygen atoms in total. The largest absolute Gasteiger partial charge is 0.494 e. The van der Waals surface area contributed by atoms with Crippen molar-refractivity contribution < 1.29 is 37.3 Å². The number of ether oxygens (including phenoxy) is 2. The number of halogens is 4. The first kappa shape index (κ1) is 32.6. The van der Waals surface area contributed by atoms with Crippen LogP contribution in [0.15, 0.2) is 48.5 Å². The fourth-order valence-corrected chi connectivity index (χ4v) is 4.27. The number of carbonyl (C=O) groups is 2. The standard InChI is InChI=1S/C28H31BrF3N7O5/c29-13-1-16-43-21-9-5-19(6-10-21)27(11-12-27)39-24-36-23(37-25(38-24)44-17-28(30,31)32)35-20-7-3-18(4-8-20)22(40)33-14-2-15-34-26(41)42/h3-10,34H,1-2,11-17H2,(H,33,40)(H,41,42)(H2,35,36,37,38,39). The lowest BCUT2D eigenvalue weighted by Gasteiger charge is -2.19. The number of carbonyl (C=O) groups excluding carboxylic acids is 1. The molecule has 0 unspecified atom stereocenters. The van der Waals surface area contributed by atoms with Crippen LogP contribution in [0.1, 0.15) is 41.6 Å². The molecule has 2 amide bonds. The van der Waals surface area contributed by atoms with Crippen LogP contribution in [0.4, 0.5) is 35.5 Å². The molecule has 0 radical (unpaired) electrons. The van der Waals surface area contributed by atoms with Crippen LogP contribution in [-0.4, -0.2) is 69.9 Å². The van der Waals surface area contributed by atoms with Crippen LogP contribution in [0, 0.1) is 0 Å². The number of carboxylic acid groups (broad SMARTS) is 1. The normalized spacial score (nSPS) is 13.5.